The number of hydrogen-bond acceptors (Lipinski definition) is 4. The summed E-state index contributed by atoms with van der Waals surface area (Å²) in [5.74, 6) is -0.179. The summed E-state index contributed by atoms with van der Waals surface area (Å²) in [7, 11) is 1.77. The van der Waals surface area contributed by atoms with Gasteiger partial charge in [0.1, 0.15) is 12.0 Å². The molecule has 8 heteroatoms. The summed E-state index contributed by atoms with van der Waals surface area (Å²) in [6.07, 6.45) is -0.514. The standard InChI is InChI=1S/C33H38FN5O2/c1-23(2)32-24(3)37(20-29(26-11-7-5-8-12-26)27-13-9-6-10-14-27)21-30-38(32)31(40)22-36(4)39(30)33(41)35-19-25-15-17-28(34)18-16-25/h5-18,23,29-30,32H,3,19-22H2,1-2,4H3,(H,35,41)/t30-,32-/m0/s1. The molecule has 1 N–H and O–H groups in total. The highest BCUT2D eigenvalue weighted by Gasteiger charge is 2.49. The van der Waals surface area contributed by atoms with Gasteiger partial charge in [-0.1, -0.05) is 93.2 Å². The van der Waals surface area contributed by atoms with Crippen LogP contribution >= 0.6 is 0 Å². The maximum atomic E-state index is 13.7. The third kappa shape index (κ3) is 5.98. The number of fused-ring (bicyclic) bond motifs is 1. The molecular weight excluding hydrogens is 517 g/mol. The lowest BCUT2D eigenvalue weighted by Gasteiger charge is -2.57. The van der Waals surface area contributed by atoms with Crippen molar-refractivity contribution in [1.82, 2.24) is 25.1 Å². The lowest BCUT2D eigenvalue weighted by atomic mass is 9.88. The highest BCUT2D eigenvalue weighted by molar-refractivity contribution is 5.83. The minimum absolute atomic E-state index is 0.0257. The van der Waals surface area contributed by atoms with Crippen LogP contribution in [0.25, 0.3) is 0 Å². The summed E-state index contributed by atoms with van der Waals surface area (Å²) in [4.78, 5) is 31.2. The summed E-state index contributed by atoms with van der Waals surface area (Å²) >= 11 is 0. The molecule has 2 aliphatic rings. The fourth-order valence-electron chi connectivity index (χ4n) is 6.08. The maximum Gasteiger partial charge on any atom is 0.334 e. The number of halogens is 1. The van der Waals surface area contributed by atoms with Gasteiger partial charge in [0.2, 0.25) is 5.91 Å². The Morgan fingerprint density at radius 3 is 2.12 bits per heavy atom. The molecule has 3 aromatic rings. The largest absolute Gasteiger partial charge is 0.369 e. The molecule has 2 saturated heterocycles. The van der Waals surface area contributed by atoms with Gasteiger partial charge < -0.3 is 15.1 Å². The van der Waals surface area contributed by atoms with Gasteiger partial charge in [-0.05, 0) is 34.7 Å². The second-order valence-corrected chi connectivity index (χ2v) is 11.2. The van der Waals surface area contributed by atoms with Crippen LogP contribution in [0.1, 0.15) is 36.5 Å². The summed E-state index contributed by atoms with van der Waals surface area (Å²) in [5.41, 5.74) is 4.07. The number of carbonyl (C=O) groups is 2. The molecule has 5 rings (SSSR count). The van der Waals surface area contributed by atoms with Gasteiger partial charge in [0, 0.05) is 31.8 Å². The average molecular weight is 556 g/mol. The highest BCUT2D eigenvalue weighted by Crippen LogP contribution is 2.36. The Morgan fingerprint density at radius 1 is 0.976 bits per heavy atom. The molecule has 0 saturated carbocycles. The molecule has 2 heterocycles. The maximum absolute atomic E-state index is 13.7. The summed E-state index contributed by atoms with van der Waals surface area (Å²) < 4.78 is 13.4. The van der Waals surface area contributed by atoms with E-state index in [0.717, 1.165) is 11.3 Å². The van der Waals surface area contributed by atoms with Crippen molar-refractivity contribution in [2.45, 2.75) is 38.5 Å². The first kappa shape index (κ1) is 28.4. The van der Waals surface area contributed by atoms with Gasteiger partial charge in [0.25, 0.3) is 0 Å². The second-order valence-electron chi connectivity index (χ2n) is 11.2. The van der Waals surface area contributed by atoms with E-state index in [0.29, 0.717) is 13.1 Å². The summed E-state index contributed by atoms with van der Waals surface area (Å²) in [5, 5.41) is 6.32. The zero-order valence-corrected chi connectivity index (χ0v) is 23.9. The SMILES string of the molecule is C=C1[C@H](C(C)C)N2C(=O)CN(C)N(C(=O)NCc3ccc(F)cc3)[C@H]2CN1CC(c1ccccc1)c1ccccc1. The van der Waals surface area contributed by atoms with E-state index in [1.807, 2.05) is 17.0 Å². The number of carbonyl (C=O) groups excluding carboxylic acids is 2. The van der Waals surface area contributed by atoms with Crippen molar-refractivity contribution in [1.29, 1.82) is 0 Å². The van der Waals surface area contributed by atoms with E-state index in [2.05, 4.69) is 79.2 Å². The van der Waals surface area contributed by atoms with Crippen LogP contribution in [0.3, 0.4) is 0 Å². The van der Waals surface area contributed by atoms with E-state index in [1.165, 1.54) is 23.3 Å². The number of likely N-dealkylation sites (N-methyl/N-ethyl adjacent to an activating group) is 1. The van der Waals surface area contributed by atoms with E-state index < -0.39 is 6.17 Å². The molecular formula is C33H38FN5O2. The summed E-state index contributed by atoms with van der Waals surface area (Å²) in [6.45, 7) is 10.1. The molecule has 0 radical (unpaired) electrons. The zero-order valence-electron chi connectivity index (χ0n) is 23.9. The molecule has 0 bridgehead atoms. The first-order valence-electron chi connectivity index (χ1n) is 14.1. The predicted molar refractivity (Wildman–Crippen MR) is 158 cm³/mol. The van der Waals surface area contributed by atoms with Crippen LogP contribution in [0, 0.1) is 11.7 Å². The molecule has 0 aromatic heterocycles. The molecule has 2 aliphatic heterocycles. The number of rotatable bonds is 7. The van der Waals surface area contributed by atoms with Gasteiger partial charge in [0.05, 0.1) is 19.1 Å². The lowest BCUT2D eigenvalue weighted by Crippen LogP contribution is -2.74. The number of hydrazine groups is 1. The van der Waals surface area contributed by atoms with Crippen molar-refractivity contribution in [3.8, 4) is 0 Å². The number of benzene rings is 3. The van der Waals surface area contributed by atoms with Crippen LogP contribution in [-0.4, -0.2) is 70.6 Å². The van der Waals surface area contributed by atoms with Crippen molar-refractivity contribution in [3.63, 3.8) is 0 Å². The smallest absolute Gasteiger partial charge is 0.334 e. The van der Waals surface area contributed by atoms with Crippen LogP contribution in [-0.2, 0) is 11.3 Å². The molecule has 3 aromatic carbocycles. The number of nitrogens with one attached hydrogen (secondary N) is 1. The van der Waals surface area contributed by atoms with Crippen LogP contribution in [0.5, 0.6) is 0 Å². The molecule has 7 nitrogen and oxygen atoms in total. The van der Waals surface area contributed by atoms with E-state index >= 15 is 0 Å². The van der Waals surface area contributed by atoms with Crippen molar-refractivity contribution >= 4 is 11.9 Å². The third-order valence-corrected chi connectivity index (χ3v) is 8.06. The molecule has 2 atom stereocenters. The van der Waals surface area contributed by atoms with E-state index in [9.17, 15) is 14.0 Å². The number of urea groups is 1. The van der Waals surface area contributed by atoms with Gasteiger partial charge >= 0.3 is 6.03 Å². The molecule has 2 fully saturated rings. The first-order chi connectivity index (χ1) is 19.7. The molecule has 214 valence electrons. The highest BCUT2D eigenvalue weighted by atomic mass is 19.1. The molecule has 0 aliphatic carbocycles. The van der Waals surface area contributed by atoms with Crippen LogP contribution in [0.4, 0.5) is 9.18 Å². The first-order valence-corrected chi connectivity index (χ1v) is 14.1. The van der Waals surface area contributed by atoms with Gasteiger partial charge in [-0.25, -0.2) is 19.2 Å². The fraction of sp³-hybridized carbons (Fsp3) is 0.333. The molecule has 3 amide bonds. The predicted octanol–water partition coefficient (Wildman–Crippen LogP) is 5.04. The van der Waals surface area contributed by atoms with Crippen LogP contribution in [0.15, 0.2) is 97.2 Å². The van der Waals surface area contributed by atoms with Crippen molar-refractivity contribution in [2.24, 2.45) is 5.92 Å². The normalized spacial score (nSPS) is 19.6. The second kappa shape index (κ2) is 12.1. The average Bonchev–Trinajstić information content (AvgIpc) is 2.96. The van der Waals surface area contributed by atoms with Crippen molar-refractivity contribution in [2.75, 3.05) is 26.7 Å². The minimum Gasteiger partial charge on any atom is -0.369 e. The van der Waals surface area contributed by atoms with Gasteiger partial charge in [-0.15, -0.1) is 0 Å². The Hall–Kier alpha value is -4.17. The Bertz CT molecular complexity index is 1330. The Morgan fingerprint density at radius 2 is 1.56 bits per heavy atom. The Balaban J connectivity index is 1.45. The number of amides is 3. The molecule has 0 spiro atoms. The zero-order chi connectivity index (χ0) is 29.1. The quantitative estimate of drug-likeness (QED) is 0.444. The van der Waals surface area contributed by atoms with Gasteiger partial charge in [-0.2, -0.15) is 0 Å². The molecule has 41 heavy (non-hydrogen) atoms. The van der Waals surface area contributed by atoms with Crippen LogP contribution < -0.4 is 5.32 Å². The third-order valence-electron chi connectivity index (χ3n) is 8.06. The Kier molecular flexibility index (Phi) is 8.40. The van der Waals surface area contributed by atoms with Gasteiger partial charge in [0.15, 0.2) is 0 Å². The topological polar surface area (TPSA) is 59.1 Å². The van der Waals surface area contributed by atoms with E-state index in [-0.39, 0.29) is 48.7 Å². The number of hydrogen-bond donors (Lipinski definition) is 1. The molecule has 0 unspecified atom stereocenters. The van der Waals surface area contributed by atoms with Crippen molar-refractivity contribution < 1.29 is 14.0 Å². The van der Waals surface area contributed by atoms with Crippen LogP contribution in [0.2, 0.25) is 0 Å². The number of piperazine rings is 1. The summed E-state index contributed by atoms with van der Waals surface area (Å²) in [6, 6.07) is 26.3. The number of nitrogens with zero attached hydrogens (tertiary/aromatic N) is 4. The van der Waals surface area contributed by atoms with Crippen molar-refractivity contribution in [3.05, 3.63) is 120 Å². The van der Waals surface area contributed by atoms with E-state index in [1.54, 1.807) is 29.2 Å². The fourth-order valence-corrected chi connectivity index (χ4v) is 6.08. The Labute approximate surface area is 241 Å². The van der Waals surface area contributed by atoms with E-state index in [4.69, 9.17) is 0 Å². The minimum atomic E-state index is -0.514. The van der Waals surface area contributed by atoms with Gasteiger partial charge in [-0.3, -0.25) is 4.79 Å². The monoisotopic (exact) mass is 555 g/mol. The lowest BCUT2D eigenvalue weighted by molar-refractivity contribution is -0.177.